The van der Waals surface area contributed by atoms with Crippen molar-refractivity contribution in [3.05, 3.63) is 77.9 Å². The third kappa shape index (κ3) is 3.31. The summed E-state index contributed by atoms with van der Waals surface area (Å²) in [5.41, 5.74) is 3.30. The van der Waals surface area contributed by atoms with Crippen molar-refractivity contribution < 1.29 is 4.79 Å². The molecule has 0 saturated heterocycles. The molecule has 1 aliphatic rings. The summed E-state index contributed by atoms with van der Waals surface area (Å²) in [6, 6.07) is 17.2. The number of pyridine rings is 1. The fourth-order valence-corrected chi connectivity index (χ4v) is 2.88. The van der Waals surface area contributed by atoms with Crippen LogP contribution in [0, 0.1) is 0 Å². The fourth-order valence-electron chi connectivity index (χ4n) is 2.88. The Hall–Kier alpha value is -2.95. The normalized spacial score (nSPS) is 14.9. The van der Waals surface area contributed by atoms with E-state index in [-0.39, 0.29) is 11.9 Å². The van der Waals surface area contributed by atoms with Crippen molar-refractivity contribution in [2.45, 2.75) is 31.7 Å². The van der Waals surface area contributed by atoms with E-state index in [4.69, 9.17) is 0 Å². The number of carbonyl (C=O) groups is 1. The van der Waals surface area contributed by atoms with Crippen LogP contribution in [0.15, 0.2) is 60.8 Å². The summed E-state index contributed by atoms with van der Waals surface area (Å²) in [6.07, 6.45) is 4.03. The Labute approximate surface area is 146 Å². The standard InChI is InChI=1S/C20H20N4O/c1-14(17-9-5-6-12-21-17)22-20(25)19-13-18(15-10-11-15)23-24(19)16-7-3-2-4-8-16/h2-9,12-15H,10-11H2,1H3,(H,22,25)/t14-/m0/s1. The first kappa shape index (κ1) is 15.6. The number of carbonyl (C=O) groups excluding carboxylic acids is 1. The van der Waals surface area contributed by atoms with Crippen LogP contribution in [0.2, 0.25) is 0 Å². The van der Waals surface area contributed by atoms with Gasteiger partial charge < -0.3 is 5.32 Å². The van der Waals surface area contributed by atoms with Gasteiger partial charge >= 0.3 is 0 Å². The summed E-state index contributed by atoms with van der Waals surface area (Å²) in [7, 11) is 0. The highest BCUT2D eigenvalue weighted by atomic mass is 16.2. The van der Waals surface area contributed by atoms with Crippen LogP contribution in [0.3, 0.4) is 0 Å². The average molecular weight is 332 g/mol. The van der Waals surface area contributed by atoms with Crippen molar-refractivity contribution in [1.82, 2.24) is 20.1 Å². The molecule has 1 aliphatic carbocycles. The number of aromatic nitrogens is 3. The molecule has 0 spiro atoms. The fraction of sp³-hybridized carbons (Fsp3) is 0.250. The summed E-state index contributed by atoms with van der Waals surface area (Å²) >= 11 is 0. The predicted octanol–water partition coefficient (Wildman–Crippen LogP) is 3.64. The molecular weight excluding hydrogens is 312 g/mol. The smallest absolute Gasteiger partial charge is 0.270 e. The monoisotopic (exact) mass is 332 g/mol. The lowest BCUT2D eigenvalue weighted by Gasteiger charge is -2.14. The zero-order chi connectivity index (χ0) is 17.2. The quantitative estimate of drug-likeness (QED) is 0.776. The number of para-hydroxylation sites is 1. The van der Waals surface area contributed by atoms with Gasteiger partial charge in [0.15, 0.2) is 0 Å². The Morgan fingerprint density at radius 3 is 2.60 bits per heavy atom. The molecule has 126 valence electrons. The molecule has 0 radical (unpaired) electrons. The molecule has 5 nitrogen and oxygen atoms in total. The molecule has 25 heavy (non-hydrogen) atoms. The maximum Gasteiger partial charge on any atom is 0.270 e. The van der Waals surface area contributed by atoms with Gasteiger partial charge in [-0.1, -0.05) is 24.3 Å². The highest BCUT2D eigenvalue weighted by Crippen LogP contribution is 2.39. The predicted molar refractivity (Wildman–Crippen MR) is 95.7 cm³/mol. The Balaban J connectivity index is 1.63. The molecule has 1 saturated carbocycles. The molecule has 5 heteroatoms. The van der Waals surface area contributed by atoms with E-state index in [1.54, 1.807) is 10.9 Å². The molecule has 3 aromatic rings. The van der Waals surface area contributed by atoms with Crippen LogP contribution in [0.5, 0.6) is 0 Å². The van der Waals surface area contributed by atoms with Gasteiger partial charge in [-0.15, -0.1) is 0 Å². The summed E-state index contributed by atoms with van der Waals surface area (Å²) in [5, 5.41) is 7.72. The van der Waals surface area contributed by atoms with E-state index in [0.29, 0.717) is 11.6 Å². The van der Waals surface area contributed by atoms with Crippen molar-refractivity contribution in [2.75, 3.05) is 0 Å². The van der Waals surface area contributed by atoms with E-state index in [2.05, 4.69) is 15.4 Å². The van der Waals surface area contributed by atoms with Crippen LogP contribution in [0.4, 0.5) is 0 Å². The first-order valence-corrected chi connectivity index (χ1v) is 8.59. The Morgan fingerprint density at radius 1 is 1.16 bits per heavy atom. The minimum absolute atomic E-state index is 0.138. The lowest BCUT2D eigenvalue weighted by atomic mass is 10.2. The Morgan fingerprint density at radius 2 is 1.92 bits per heavy atom. The topological polar surface area (TPSA) is 59.8 Å². The van der Waals surface area contributed by atoms with Gasteiger partial charge in [0.1, 0.15) is 5.69 Å². The molecule has 1 amide bonds. The molecule has 4 rings (SSSR count). The number of hydrogen-bond donors (Lipinski definition) is 1. The summed E-state index contributed by atoms with van der Waals surface area (Å²) in [5.74, 6) is 0.353. The van der Waals surface area contributed by atoms with E-state index in [1.165, 1.54) is 0 Å². The zero-order valence-electron chi connectivity index (χ0n) is 14.1. The second-order valence-electron chi connectivity index (χ2n) is 6.43. The highest BCUT2D eigenvalue weighted by Gasteiger charge is 2.29. The average Bonchev–Trinajstić information content (AvgIpc) is 3.41. The van der Waals surface area contributed by atoms with Gasteiger partial charge in [-0.25, -0.2) is 4.68 Å². The zero-order valence-corrected chi connectivity index (χ0v) is 14.1. The van der Waals surface area contributed by atoms with Crippen LogP contribution < -0.4 is 5.32 Å². The SMILES string of the molecule is C[C@H](NC(=O)c1cc(C2CC2)nn1-c1ccccc1)c1ccccn1. The first-order valence-electron chi connectivity index (χ1n) is 8.59. The largest absolute Gasteiger partial charge is 0.343 e. The number of amides is 1. The van der Waals surface area contributed by atoms with Crippen molar-refractivity contribution in [2.24, 2.45) is 0 Å². The molecule has 0 aliphatic heterocycles. The van der Waals surface area contributed by atoms with Crippen molar-refractivity contribution in [3.63, 3.8) is 0 Å². The van der Waals surface area contributed by atoms with Gasteiger partial charge in [-0.3, -0.25) is 9.78 Å². The van der Waals surface area contributed by atoms with Gasteiger partial charge in [-0.05, 0) is 50.1 Å². The molecule has 2 aromatic heterocycles. The van der Waals surface area contributed by atoms with E-state index in [9.17, 15) is 4.79 Å². The van der Waals surface area contributed by atoms with Crippen LogP contribution in [-0.4, -0.2) is 20.7 Å². The van der Waals surface area contributed by atoms with Crippen LogP contribution in [0.1, 0.15) is 53.6 Å². The summed E-state index contributed by atoms with van der Waals surface area (Å²) in [4.78, 5) is 17.2. The summed E-state index contributed by atoms with van der Waals surface area (Å²) in [6.45, 7) is 1.94. The van der Waals surface area contributed by atoms with Gasteiger partial charge in [0.05, 0.1) is 23.1 Å². The lowest BCUT2D eigenvalue weighted by Crippen LogP contribution is -2.29. The van der Waals surface area contributed by atoms with Gasteiger partial charge in [0, 0.05) is 12.1 Å². The molecule has 0 unspecified atom stereocenters. The van der Waals surface area contributed by atoms with Crippen LogP contribution >= 0.6 is 0 Å². The maximum absolute atomic E-state index is 12.9. The number of nitrogens with one attached hydrogen (secondary N) is 1. The Kier molecular flexibility index (Phi) is 4.06. The van der Waals surface area contributed by atoms with Gasteiger partial charge in [-0.2, -0.15) is 5.10 Å². The van der Waals surface area contributed by atoms with E-state index in [0.717, 1.165) is 29.9 Å². The second-order valence-corrected chi connectivity index (χ2v) is 6.43. The first-order chi connectivity index (χ1) is 12.2. The van der Waals surface area contributed by atoms with Gasteiger partial charge in [0.2, 0.25) is 0 Å². The number of hydrogen-bond acceptors (Lipinski definition) is 3. The molecule has 1 aromatic carbocycles. The minimum atomic E-state index is -0.169. The third-order valence-corrected chi connectivity index (χ3v) is 4.44. The molecule has 1 N–H and O–H groups in total. The number of rotatable bonds is 5. The number of nitrogens with zero attached hydrogens (tertiary/aromatic N) is 3. The second kappa shape index (κ2) is 6.51. The molecule has 0 bridgehead atoms. The minimum Gasteiger partial charge on any atom is -0.343 e. The third-order valence-electron chi connectivity index (χ3n) is 4.44. The molecule has 1 fully saturated rings. The molecule has 2 heterocycles. The Bertz CT molecular complexity index is 869. The highest BCUT2D eigenvalue weighted by molar-refractivity contribution is 5.93. The van der Waals surface area contributed by atoms with Crippen LogP contribution in [-0.2, 0) is 0 Å². The molecule has 1 atom stereocenters. The molecular formula is C20H20N4O. The lowest BCUT2D eigenvalue weighted by molar-refractivity contribution is 0.0931. The van der Waals surface area contributed by atoms with E-state index < -0.39 is 0 Å². The number of benzene rings is 1. The summed E-state index contributed by atoms with van der Waals surface area (Å²) < 4.78 is 1.74. The van der Waals surface area contributed by atoms with Crippen molar-refractivity contribution in [1.29, 1.82) is 0 Å². The van der Waals surface area contributed by atoms with Crippen molar-refractivity contribution in [3.8, 4) is 5.69 Å². The maximum atomic E-state index is 12.9. The van der Waals surface area contributed by atoms with Crippen LogP contribution in [0.25, 0.3) is 5.69 Å². The van der Waals surface area contributed by atoms with E-state index in [1.807, 2.05) is 61.5 Å². The van der Waals surface area contributed by atoms with Gasteiger partial charge in [0.25, 0.3) is 5.91 Å². The van der Waals surface area contributed by atoms with E-state index >= 15 is 0 Å². The van der Waals surface area contributed by atoms with Crippen molar-refractivity contribution >= 4 is 5.91 Å².